The van der Waals surface area contributed by atoms with Crippen LogP contribution >= 0.6 is 0 Å². The Kier molecular flexibility index (Phi) is 2.12. The Morgan fingerprint density at radius 2 is 2.20 bits per heavy atom. The second kappa shape index (κ2) is 3.60. The molecule has 1 atom stereocenters. The summed E-state index contributed by atoms with van der Waals surface area (Å²) in [5, 5.41) is 3.29. The molecule has 1 N–H and O–H groups in total. The molecule has 0 aromatic carbocycles. The van der Waals surface area contributed by atoms with Gasteiger partial charge in [0.15, 0.2) is 5.65 Å². The Morgan fingerprint density at radius 1 is 1.33 bits per heavy atom. The first-order valence-corrected chi connectivity index (χ1v) is 5.05. The van der Waals surface area contributed by atoms with Crippen molar-refractivity contribution in [2.45, 2.75) is 6.10 Å². The van der Waals surface area contributed by atoms with E-state index in [9.17, 15) is 0 Å². The zero-order valence-corrected chi connectivity index (χ0v) is 8.26. The molecule has 0 saturated carbocycles. The molecule has 5 heteroatoms. The van der Waals surface area contributed by atoms with E-state index in [2.05, 4.69) is 15.3 Å². The molecule has 1 aliphatic heterocycles. The topological polar surface area (TPSA) is 51.5 Å². The van der Waals surface area contributed by atoms with Gasteiger partial charge in [0.25, 0.3) is 0 Å². The van der Waals surface area contributed by atoms with Crippen molar-refractivity contribution < 1.29 is 4.74 Å². The van der Waals surface area contributed by atoms with Gasteiger partial charge in [-0.1, -0.05) is 0 Å². The van der Waals surface area contributed by atoms with Gasteiger partial charge in [0, 0.05) is 37.9 Å². The molecule has 0 amide bonds. The monoisotopic (exact) mass is 204 g/mol. The van der Waals surface area contributed by atoms with Gasteiger partial charge in [-0.15, -0.1) is 0 Å². The van der Waals surface area contributed by atoms with Crippen molar-refractivity contribution in [2.75, 3.05) is 19.7 Å². The minimum Gasteiger partial charge on any atom is -0.369 e. The third-order valence-electron chi connectivity index (χ3n) is 2.57. The van der Waals surface area contributed by atoms with Crippen LogP contribution in [0.2, 0.25) is 0 Å². The quantitative estimate of drug-likeness (QED) is 0.730. The van der Waals surface area contributed by atoms with Crippen molar-refractivity contribution in [1.29, 1.82) is 0 Å². The third-order valence-corrected chi connectivity index (χ3v) is 2.57. The molecule has 1 fully saturated rings. The van der Waals surface area contributed by atoms with E-state index in [0.717, 1.165) is 31.0 Å². The van der Waals surface area contributed by atoms with Gasteiger partial charge in [-0.2, -0.15) is 0 Å². The summed E-state index contributed by atoms with van der Waals surface area (Å²) in [7, 11) is 0. The Labute approximate surface area is 87.1 Å². The molecule has 1 aliphatic rings. The van der Waals surface area contributed by atoms with E-state index in [-0.39, 0.29) is 6.10 Å². The van der Waals surface area contributed by atoms with Crippen molar-refractivity contribution in [1.82, 2.24) is 19.7 Å². The second-order valence-electron chi connectivity index (χ2n) is 3.53. The lowest BCUT2D eigenvalue weighted by Crippen LogP contribution is -2.34. The molecule has 1 unspecified atom stereocenters. The molecule has 0 bridgehead atoms. The molecule has 0 aliphatic carbocycles. The number of rotatable bonds is 1. The Hall–Kier alpha value is -1.46. The van der Waals surface area contributed by atoms with E-state index in [1.54, 1.807) is 12.4 Å². The van der Waals surface area contributed by atoms with Gasteiger partial charge in [-0.3, -0.25) is 4.98 Å². The smallest absolute Gasteiger partial charge is 0.161 e. The van der Waals surface area contributed by atoms with Crippen LogP contribution < -0.4 is 5.32 Å². The fourth-order valence-corrected chi connectivity index (χ4v) is 1.84. The Bertz CT molecular complexity index is 461. The number of nitrogens with one attached hydrogen (secondary N) is 1. The van der Waals surface area contributed by atoms with E-state index < -0.39 is 0 Å². The van der Waals surface area contributed by atoms with Gasteiger partial charge < -0.3 is 14.5 Å². The minimum absolute atomic E-state index is 0.0184. The van der Waals surface area contributed by atoms with Crippen LogP contribution in [0.4, 0.5) is 0 Å². The maximum atomic E-state index is 5.66. The molecule has 2 aromatic heterocycles. The highest BCUT2D eigenvalue weighted by atomic mass is 16.5. The normalized spacial score (nSPS) is 22.0. The predicted molar refractivity (Wildman–Crippen MR) is 54.5 cm³/mol. The highest BCUT2D eigenvalue weighted by molar-refractivity contribution is 5.44. The van der Waals surface area contributed by atoms with Gasteiger partial charge in [0.2, 0.25) is 0 Å². The fourth-order valence-electron chi connectivity index (χ4n) is 1.84. The maximum Gasteiger partial charge on any atom is 0.161 e. The van der Waals surface area contributed by atoms with Crippen LogP contribution in [0.5, 0.6) is 0 Å². The van der Waals surface area contributed by atoms with Gasteiger partial charge in [0.1, 0.15) is 11.8 Å². The number of hydrogen-bond acceptors (Lipinski definition) is 4. The minimum atomic E-state index is 0.0184. The highest BCUT2D eigenvalue weighted by Crippen LogP contribution is 2.19. The predicted octanol–water partition coefficient (Wildman–Crippen LogP) is 0.390. The maximum absolute atomic E-state index is 5.66. The molecule has 3 rings (SSSR count). The standard InChI is InChI=1S/C10H12N4O/c1-4-14-5-2-13-10(14)9(12-1)8-7-11-3-6-15-8/h1-2,4-5,8,11H,3,6-7H2. The molecule has 2 aromatic rings. The number of fused-ring (bicyclic) bond motifs is 1. The van der Waals surface area contributed by atoms with Gasteiger partial charge in [-0.25, -0.2) is 4.98 Å². The molecular weight excluding hydrogens is 192 g/mol. The van der Waals surface area contributed by atoms with E-state index in [0.29, 0.717) is 0 Å². The average molecular weight is 204 g/mol. The number of nitrogens with zero attached hydrogens (tertiary/aromatic N) is 3. The fraction of sp³-hybridized carbons (Fsp3) is 0.400. The average Bonchev–Trinajstić information content (AvgIpc) is 2.78. The van der Waals surface area contributed by atoms with Crippen LogP contribution in [0.25, 0.3) is 5.65 Å². The largest absolute Gasteiger partial charge is 0.369 e. The number of aromatic nitrogens is 3. The van der Waals surface area contributed by atoms with Crippen LogP contribution in [0.1, 0.15) is 11.8 Å². The third kappa shape index (κ3) is 1.49. The molecule has 78 valence electrons. The van der Waals surface area contributed by atoms with Crippen LogP contribution in [-0.4, -0.2) is 34.1 Å². The molecule has 0 radical (unpaired) electrons. The van der Waals surface area contributed by atoms with Gasteiger partial charge >= 0.3 is 0 Å². The zero-order chi connectivity index (χ0) is 10.1. The van der Waals surface area contributed by atoms with E-state index >= 15 is 0 Å². The lowest BCUT2D eigenvalue weighted by Gasteiger charge is -2.23. The van der Waals surface area contributed by atoms with Gasteiger partial charge in [-0.05, 0) is 0 Å². The molecule has 1 saturated heterocycles. The van der Waals surface area contributed by atoms with Crippen LogP contribution in [-0.2, 0) is 4.74 Å². The zero-order valence-electron chi connectivity index (χ0n) is 8.26. The van der Waals surface area contributed by atoms with Crippen molar-refractivity contribution in [3.8, 4) is 0 Å². The number of imidazole rings is 1. The SMILES string of the molecule is c1cn2ccnc2c(C2CNCCO2)n1. The van der Waals surface area contributed by atoms with Gasteiger partial charge in [0.05, 0.1) is 6.61 Å². The first-order valence-electron chi connectivity index (χ1n) is 5.05. The lowest BCUT2D eigenvalue weighted by molar-refractivity contribution is 0.0256. The lowest BCUT2D eigenvalue weighted by atomic mass is 10.2. The Morgan fingerprint density at radius 3 is 3.00 bits per heavy atom. The van der Waals surface area contributed by atoms with Crippen LogP contribution in [0.15, 0.2) is 24.8 Å². The summed E-state index contributed by atoms with van der Waals surface area (Å²) in [6.45, 7) is 2.45. The number of hydrogen-bond donors (Lipinski definition) is 1. The van der Waals surface area contributed by atoms with Crippen molar-refractivity contribution in [3.05, 3.63) is 30.5 Å². The summed E-state index contributed by atoms with van der Waals surface area (Å²) in [5.74, 6) is 0. The summed E-state index contributed by atoms with van der Waals surface area (Å²) in [6.07, 6.45) is 7.38. The number of morpholine rings is 1. The number of ether oxygens (including phenoxy) is 1. The summed E-state index contributed by atoms with van der Waals surface area (Å²) in [4.78, 5) is 8.64. The summed E-state index contributed by atoms with van der Waals surface area (Å²) >= 11 is 0. The van der Waals surface area contributed by atoms with Crippen molar-refractivity contribution in [3.63, 3.8) is 0 Å². The van der Waals surface area contributed by atoms with E-state index in [4.69, 9.17) is 4.74 Å². The van der Waals surface area contributed by atoms with Crippen molar-refractivity contribution >= 4 is 5.65 Å². The summed E-state index contributed by atoms with van der Waals surface area (Å²) in [5.41, 5.74) is 1.79. The van der Waals surface area contributed by atoms with Crippen molar-refractivity contribution in [2.24, 2.45) is 0 Å². The molecule has 5 nitrogen and oxygen atoms in total. The molecular formula is C10H12N4O. The van der Waals surface area contributed by atoms with E-state index in [1.807, 2.05) is 16.8 Å². The van der Waals surface area contributed by atoms with Crippen LogP contribution in [0.3, 0.4) is 0 Å². The van der Waals surface area contributed by atoms with E-state index in [1.165, 1.54) is 0 Å². The Balaban J connectivity index is 2.05. The summed E-state index contributed by atoms with van der Waals surface area (Å²) < 4.78 is 7.62. The first-order chi connectivity index (χ1) is 7.45. The highest BCUT2D eigenvalue weighted by Gasteiger charge is 2.20. The first kappa shape index (κ1) is 8.82. The molecule has 0 spiro atoms. The summed E-state index contributed by atoms with van der Waals surface area (Å²) in [6, 6.07) is 0. The second-order valence-corrected chi connectivity index (χ2v) is 3.53. The van der Waals surface area contributed by atoms with Crippen LogP contribution in [0, 0.1) is 0 Å². The molecule has 15 heavy (non-hydrogen) atoms. The molecule has 3 heterocycles.